The minimum atomic E-state index is 0.547. The van der Waals surface area contributed by atoms with Gasteiger partial charge in [-0.25, -0.2) is 0 Å². The van der Waals surface area contributed by atoms with Gasteiger partial charge in [-0.2, -0.15) is 0 Å². The summed E-state index contributed by atoms with van der Waals surface area (Å²) >= 11 is 0. The highest BCUT2D eigenvalue weighted by atomic mass is 16.5. The molecule has 1 saturated heterocycles. The minimum Gasteiger partial charge on any atom is -0.378 e. The Balaban J connectivity index is 1.31. The fourth-order valence-electron chi connectivity index (χ4n) is 4.54. The highest BCUT2D eigenvalue weighted by Crippen LogP contribution is 2.48. The topological polar surface area (TPSA) is 21.3 Å². The van der Waals surface area contributed by atoms with Crippen molar-refractivity contribution < 1.29 is 4.74 Å². The van der Waals surface area contributed by atoms with Gasteiger partial charge in [-0.15, -0.1) is 0 Å². The molecular weight excluding hydrogens is 234 g/mol. The molecule has 0 aromatic rings. The maximum atomic E-state index is 5.80. The van der Waals surface area contributed by atoms with Crippen LogP contribution in [0.2, 0.25) is 0 Å². The van der Waals surface area contributed by atoms with Crippen LogP contribution in [0, 0.1) is 5.41 Å². The third-order valence-electron chi connectivity index (χ3n) is 5.88. The van der Waals surface area contributed by atoms with Crippen molar-refractivity contribution in [3.63, 3.8) is 0 Å². The molecule has 1 atom stereocenters. The maximum Gasteiger partial charge on any atom is 0.0587 e. The van der Waals surface area contributed by atoms with Crippen LogP contribution in [0.4, 0.5) is 0 Å². The van der Waals surface area contributed by atoms with E-state index in [4.69, 9.17) is 4.74 Å². The highest BCUT2D eigenvalue weighted by molar-refractivity contribution is 4.91. The lowest BCUT2D eigenvalue weighted by Gasteiger charge is -2.37. The molecule has 0 aromatic heterocycles. The SMILES string of the molecule is C1CCC(CCNC2CCC3(CCCC3)CC2)OC1. The van der Waals surface area contributed by atoms with Gasteiger partial charge >= 0.3 is 0 Å². The van der Waals surface area contributed by atoms with E-state index in [1.54, 1.807) is 0 Å². The monoisotopic (exact) mass is 265 g/mol. The first-order chi connectivity index (χ1) is 9.36. The van der Waals surface area contributed by atoms with Gasteiger partial charge in [-0.1, -0.05) is 12.8 Å². The Morgan fingerprint density at radius 3 is 2.37 bits per heavy atom. The van der Waals surface area contributed by atoms with Crippen molar-refractivity contribution in [2.24, 2.45) is 5.41 Å². The summed E-state index contributed by atoms with van der Waals surface area (Å²) in [6.07, 6.45) is 17.6. The number of hydrogen-bond acceptors (Lipinski definition) is 2. The minimum absolute atomic E-state index is 0.547. The van der Waals surface area contributed by atoms with E-state index in [0.717, 1.165) is 18.1 Å². The van der Waals surface area contributed by atoms with Crippen LogP contribution < -0.4 is 5.32 Å². The van der Waals surface area contributed by atoms with Gasteiger partial charge in [0.25, 0.3) is 0 Å². The third-order valence-corrected chi connectivity index (χ3v) is 5.88. The van der Waals surface area contributed by atoms with Crippen molar-refractivity contribution in [3.8, 4) is 0 Å². The second-order valence-corrected chi connectivity index (χ2v) is 7.21. The molecule has 0 aromatic carbocycles. The molecule has 0 bridgehead atoms. The summed E-state index contributed by atoms with van der Waals surface area (Å²) < 4.78 is 5.80. The van der Waals surface area contributed by atoms with Crippen LogP contribution in [0.15, 0.2) is 0 Å². The molecule has 2 saturated carbocycles. The second kappa shape index (κ2) is 6.58. The van der Waals surface area contributed by atoms with Crippen LogP contribution in [0.25, 0.3) is 0 Å². The summed E-state index contributed by atoms with van der Waals surface area (Å²) in [4.78, 5) is 0. The van der Waals surface area contributed by atoms with Gasteiger partial charge in [0.15, 0.2) is 0 Å². The van der Waals surface area contributed by atoms with Crippen LogP contribution in [-0.4, -0.2) is 25.3 Å². The van der Waals surface area contributed by atoms with E-state index < -0.39 is 0 Å². The van der Waals surface area contributed by atoms with Crippen molar-refractivity contribution >= 4 is 0 Å². The maximum absolute atomic E-state index is 5.80. The summed E-state index contributed by atoms with van der Waals surface area (Å²) in [6, 6.07) is 0.801. The van der Waals surface area contributed by atoms with Gasteiger partial charge in [0.05, 0.1) is 6.10 Å². The Morgan fingerprint density at radius 1 is 0.895 bits per heavy atom. The summed E-state index contributed by atoms with van der Waals surface area (Å²) in [7, 11) is 0. The fraction of sp³-hybridized carbons (Fsp3) is 1.00. The summed E-state index contributed by atoms with van der Waals surface area (Å²) in [5.74, 6) is 0. The highest BCUT2D eigenvalue weighted by Gasteiger charge is 2.37. The van der Waals surface area contributed by atoms with Gasteiger partial charge in [-0.3, -0.25) is 0 Å². The zero-order valence-corrected chi connectivity index (χ0v) is 12.5. The molecule has 1 N–H and O–H groups in total. The normalized spacial score (nSPS) is 31.9. The molecule has 2 aliphatic carbocycles. The predicted molar refractivity (Wildman–Crippen MR) is 79.4 cm³/mol. The van der Waals surface area contributed by atoms with Crippen LogP contribution in [0.3, 0.4) is 0 Å². The number of nitrogens with one attached hydrogen (secondary N) is 1. The Labute approximate surface area is 118 Å². The van der Waals surface area contributed by atoms with Crippen molar-refractivity contribution in [1.82, 2.24) is 5.32 Å². The van der Waals surface area contributed by atoms with E-state index in [0.29, 0.717) is 6.10 Å². The van der Waals surface area contributed by atoms with Gasteiger partial charge < -0.3 is 10.1 Å². The number of ether oxygens (including phenoxy) is 1. The molecule has 3 fully saturated rings. The first kappa shape index (κ1) is 13.9. The van der Waals surface area contributed by atoms with Gasteiger partial charge in [0.2, 0.25) is 0 Å². The van der Waals surface area contributed by atoms with E-state index in [9.17, 15) is 0 Å². The molecule has 1 spiro atoms. The molecule has 1 aliphatic heterocycles. The van der Waals surface area contributed by atoms with E-state index in [2.05, 4.69) is 5.32 Å². The zero-order chi connectivity index (χ0) is 13.0. The molecular formula is C17H31NO. The zero-order valence-electron chi connectivity index (χ0n) is 12.5. The lowest BCUT2D eigenvalue weighted by molar-refractivity contribution is 0.0107. The predicted octanol–water partition coefficient (Wildman–Crippen LogP) is 4.04. The number of hydrogen-bond donors (Lipinski definition) is 1. The van der Waals surface area contributed by atoms with Crippen molar-refractivity contribution in [2.75, 3.05) is 13.2 Å². The summed E-state index contributed by atoms with van der Waals surface area (Å²) in [5.41, 5.74) is 0.782. The van der Waals surface area contributed by atoms with Gasteiger partial charge in [0, 0.05) is 12.6 Å². The summed E-state index contributed by atoms with van der Waals surface area (Å²) in [6.45, 7) is 2.17. The van der Waals surface area contributed by atoms with E-state index in [1.807, 2.05) is 0 Å². The average molecular weight is 265 g/mol. The van der Waals surface area contributed by atoms with Crippen LogP contribution >= 0.6 is 0 Å². The quantitative estimate of drug-likeness (QED) is 0.828. The Bertz CT molecular complexity index is 256. The molecule has 2 heteroatoms. The Morgan fingerprint density at radius 2 is 1.68 bits per heavy atom. The standard InChI is InChI=1S/C17H31NO/c1-4-14-19-16(5-1)8-13-18-15-6-11-17(12-7-15)9-2-3-10-17/h15-16,18H,1-14H2. The van der Waals surface area contributed by atoms with Crippen molar-refractivity contribution in [2.45, 2.75) is 89.2 Å². The lowest BCUT2D eigenvalue weighted by atomic mass is 9.71. The van der Waals surface area contributed by atoms with E-state index in [-0.39, 0.29) is 0 Å². The Hall–Kier alpha value is -0.0800. The molecule has 0 radical (unpaired) electrons. The second-order valence-electron chi connectivity index (χ2n) is 7.21. The molecule has 0 amide bonds. The van der Waals surface area contributed by atoms with Crippen LogP contribution in [0.1, 0.15) is 77.0 Å². The molecule has 3 rings (SSSR count). The molecule has 19 heavy (non-hydrogen) atoms. The first-order valence-electron chi connectivity index (χ1n) is 8.71. The molecule has 110 valence electrons. The molecule has 1 unspecified atom stereocenters. The Kier molecular flexibility index (Phi) is 4.81. The lowest BCUT2D eigenvalue weighted by Crippen LogP contribution is -2.38. The van der Waals surface area contributed by atoms with Gasteiger partial charge in [0.1, 0.15) is 0 Å². The smallest absolute Gasteiger partial charge is 0.0587 e. The molecule has 1 heterocycles. The van der Waals surface area contributed by atoms with Crippen molar-refractivity contribution in [3.05, 3.63) is 0 Å². The summed E-state index contributed by atoms with van der Waals surface area (Å²) in [5, 5.41) is 3.80. The molecule has 3 aliphatic rings. The average Bonchev–Trinajstić information content (AvgIpc) is 2.91. The molecule has 2 nitrogen and oxygen atoms in total. The van der Waals surface area contributed by atoms with E-state index >= 15 is 0 Å². The third kappa shape index (κ3) is 3.72. The first-order valence-corrected chi connectivity index (χ1v) is 8.71. The van der Waals surface area contributed by atoms with Crippen LogP contribution in [-0.2, 0) is 4.74 Å². The fourth-order valence-corrected chi connectivity index (χ4v) is 4.54. The van der Waals surface area contributed by atoms with Crippen LogP contribution in [0.5, 0.6) is 0 Å². The largest absolute Gasteiger partial charge is 0.378 e. The van der Waals surface area contributed by atoms with E-state index in [1.165, 1.54) is 83.6 Å². The van der Waals surface area contributed by atoms with Crippen molar-refractivity contribution in [1.29, 1.82) is 0 Å². The van der Waals surface area contributed by atoms with Gasteiger partial charge in [-0.05, 0) is 76.2 Å². The number of rotatable bonds is 4.